The van der Waals surface area contributed by atoms with Crippen LogP contribution in [0.15, 0.2) is 90.7 Å². The van der Waals surface area contributed by atoms with Crippen LogP contribution in [0.3, 0.4) is 0 Å². The van der Waals surface area contributed by atoms with Gasteiger partial charge in [0, 0.05) is 42.2 Å². The highest BCUT2D eigenvalue weighted by atomic mass is 16.8. The first-order chi connectivity index (χ1) is 31.4. The molecule has 2 N–H and O–H groups in total. The van der Waals surface area contributed by atoms with E-state index in [0.717, 1.165) is 33.9 Å². The number of ether oxygens (including phenoxy) is 6. The standard InChI is InChI=1S/C52H70N2O12/c1-10-44-39(31-61-30-36-16-12-11-13-17-36)26-32(2)20-21-42(56)33(3)27-37(23-25-55)48(34(4)43(57)28-45(58)63-44)64-50-47(59)46(54(8)9)49(35(5)62-50)65-51(60)66-52(6,7)29-38-22-24-53-41-19-15-14-18-40(38)41/h11-22,24-26,33-35,37,39,43-44,46-50,57,59H,10,23,27-31H2,1-9H3/b21-20+,32-26+/t33-,34+,35-,37+,39-,43-,44-,46-,47-,48-,49-,50+/m1/s1. The number of aliphatic hydroxyl groups is 2. The maximum absolute atomic E-state index is 13.7. The Labute approximate surface area is 389 Å². The van der Waals surface area contributed by atoms with Gasteiger partial charge in [0.15, 0.2) is 12.1 Å². The molecule has 1 fully saturated rings. The molecule has 66 heavy (non-hydrogen) atoms. The van der Waals surface area contributed by atoms with Crippen molar-refractivity contribution in [1.82, 2.24) is 9.88 Å². The van der Waals surface area contributed by atoms with E-state index in [-0.39, 0.29) is 31.1 Å². The minimum atomic E-state index is -1.42. The number of allylic oxidation sites excluding steroid dienone is 3. The molecule has 3 heterocycles. The first-order valence-electron chi connectivity index (χ1n) is 23.1. The van der Waals surface area contributed by atoms with Gasteiger partial charge in [-0.3, -0.25) is 14.6 Å². The highest BCUT2D eigenvalue weighted by Crippen LogP contribution is 2.35. The molecule has 0 spiro atoms. The van der Waals surface area contributed by atoms with Crippen molar-refractivity contribution in [2.24, 2.45) is 23.7 Å². The Morgan fingerprint density at radius 2 is 1.70 bits per heavy atom. The molecule has 1 saturated heterocycles. The summed E-state index contributed by atoms with van der Waals surface area (Å²) >= 11 is 0. The fourth-order valence-corrected chi connectivity index (χ4v) is 9.11. The molecular formula is C52H70N2O12. The maximum atomic E-state index is 13.7. The van der Waals surface area contributed by atoms with Crippen molar-refractivity contribution in [3.8, 4) is 0 Å². The first kappa shape index (κ1) is 52.1. The number of benzene rings is 2. The normalized spacial score (nSPS) is 30.8. The summed E-state index contributed by atoms with van der Waals surface area (Å²) in [5, 5.41) is 24.7. The smallest absolute Gasteiger partial charge is 0.462 e. The SMILES string of the molecule is CC[C@H]1OC(=O)C[C@@H](O)[C@H](C)[C@@H](O[C@@H]2O[C@H](C)[C@@H](OC(=O)OC(C)(C)Cc3ccnc4ccccc34)[C@H](N(C)C)[C@H]2O)[C@@H](CC=O)C[C@@H](C)C(=O)/C=C/C(C)=C/[C@@H]1COCc1ccccc1. The molecule has 12 atom stereocenters. The summed E-state index contributed by atoms with van der Waals surface area (Å²) in [4.78, 5) is 59.3. The number of para-hydroxylation sites is 1. The molecule has 0 bridgehead atoms. The summed E-state index contributed by atoms with van der Waals surface area (Å²) in [6.07, 6.45) is -0.282. The number of ketones is 1. The van der Waals surface area contributed by atoms with E-state index in [0.29, 0.717) is 19.4 Å². The number of aldehydes is 1. The van der Waals surface area contributed by atoms with E-state index in [2.05, 4.69) is 4.98 Å². The Kier molecular flexibility index (Phi) is 19.2. The van der Waals surface area contributed by atoms with Gasteiger partial charge in [0.05, 0.1) is 49.5 Å². The third-order valence-electron chi connectivity index (χ3n) is 12.7. The van der Waals surface area contributed by atoms with Crippen LogP contribution >= 0.6 is 0 Å². The lowest BCUT2D eigenvalue weighted by molar-refractivity contribution is -0.305. The number of aliphatic hydroxyl groups excluding tert-OH is 2. The van der Waals surface area contributed by atoms with Crippen LogP contribution in [0.4, 0.5) is 4.79 Å². The minimum Gasteiger partial charge on any atom is -0.462 e. The van der Waals surface area contributed by atoms with E-state index < -0.39 is 90.9 Å². The van der Waals surface area contributed by atoms with E-state index >= 15 is 0 Å². The van der Waals surface area contributed by atoms with Crippen LogP contribution in [0.25, 0.3) is 10.9 Å². The molecule has 14 heteroatoms. The second-order valence-electron chi connectivity index (χ2n) is 18.8. The third kappa shape index (κ3) is 14.3. The summed E-state index contributed by atoms with van der Waals surface area (Å²) in [6, 6.07) is 18.5. The Balaban J connectivity index is 1.35. The first-order valence-corrected chi connectivity index (χ1v) is 23.1. The van der Waals surface area contributed by atoms with Crippen LogP contribution in [-0.4, -0.2) is 120 Å². The van der Waals surface area contributed by atoms with Crippen molar-refractivity contribution in [3.63, 3.8) is 0 Å². The Bertz CT molecular complexity index is 2120. The van der Waals surface area contributed by atoms with Gasteiger partial charge in [0.1, 0.15) is 30.2 Å². The van der Waals surface area contributed by atoms with Crippen LogP contribution in [0.5, 0.6) is 0 Å². The third-order valence-corrected chi connectivity index (χ3v) is 12.7. The van der Waals surface area contributed by atoms with Gasteiger partial charge >= 0.3 is 12.1 Å². The number of likely N-dealkylation sites (N-methyl/N-ethyl adjacent to an activating group) is 1. The minimum absolute atomic E-state index is 0.0485. The van der Waals surface area contributed by atoms with Crippen molar-refractivity contribution in [2.75, 3.05) is 20.7 Å². The Hall–Kier alpha value is -4.83. The number of hydrogen-bond acceptors (Lipinski definition) is 14. The highest BCUT2D eigenvalue weighted by molar-refractivity contribution is 5.91. The van der Waals surface area contributed by atoms with E-state index in [1.165, 1.54) is 6.08 Å². The average Bonchev–Trinajstić information content (AvgIpc) is 3.27. The van der Waals surface area contributed by atoms with Gasteiger partial charge in [-0.15, -0.1) is 0 Å². The van der Waals surface area contributed by atoms with Crippen molar-refractivity contribution < 1.29 is 57.8 Å². The van der Waals surface area contributed by atoms with Crippen LogP contribution < -0.4 is 0 Å². The predicted octanol–water partition coefficient (Wildman–Crippen LogP) is 7.36. The lowest BCUT2D eigenvalue weighted by Crippen LogP contribution is -2.64. The van der Waals surface area contributed by atoms with Gasteiger partial charge in [-0.1, -0.05) is 87.0 Å². The number of fused-ring (bicyclic) bond motifs is 1. The van der Waals surface area contributed by atoms with Crippen molar-refractivity contribution in [2.45, 2.75) is 142 Å². The molecular weight excluding hydrogens is 845 g/mol. The maximum Gasteiger partial charge on any atom is 0.509 e. The molecule has 0 radical (unpaired) electrons. The predicted molar refractivity (Wildman–Crippen MR) is 249 cm³/mol. The molecule has 2 aromatic carbocycles. The lowest BCUT2D eigenvalue weighted by atomic mass is 9.79. The van der Waals surface area contributed by atoms with Gasteiger partial charge in [-0.05, 0) is 89.9 Å². The number of rotatable bonds is 14. The second-order valence-corrected chi connectivity index (χ2v) is 18.8. The van der Waals surface area contributed by atoms with Crippen LogP contribution in [0.1, 0.15) is 85.3 Å². The van der Waals surface area contributed by atoms with E-state index in [4.69, 9.17) is 28.4 Å². The summed E-state index contributed by atoms with van der Waals surface area (Å²) < 4.78 is 36.9. The molecule has 0 unspecified atom stereocenters. The van der Waals surface area contributed by atoms with Crippen LogP contribution in [0, 0.1) is 23.7 Å². The Morgan fingerprint density at radius 3 is 2.39 bits per heavy atom. The monoisotopic (exact) mass is 914 g/mol. The van der Waals surface area contributed by atoms with Gasteiger partial charge in [-0.25, -0.2) is 4.79 Å². The summed E-state index contributed by atoms with van der Waals surface area (Å²) in [6.45, 7) is 13.1. The van der Waals surface area contributed by atoms with Crippen molar-refractivity contribution in [3.05, 3.63) is 102 Å². The number of nitrogens with zero attached hydrogens (tertiary/aromatic N) is 2. The van der Waals surface area contributed by atoms with E-state index in [9.17, 15) is 29.4 Å². The number of cyclic esters (lactones) is 1. The summed E-state index contributed by atoms with van der Waals surface area (Å²) in [5.74, 6) is -3.21. The fraction of sp³-hybridized carbons (Fsp3) is 0.558. The zero-order valence-corrected chi connectivity index (χ0v) is 39.9. The molecule has 3 aromatic rings. The van der Waals surface area contributed by atoms with Gasteiger partial charge in [-0.2, -0.15) is 0 Å². The fourth-order valence-electron chi connectivity index (χ4n) is 9.11. The second kappa shape index (κ2) is 24.3. The molecule has 5 rings (SSSR count). The average molecular weight is 915 g/mol. The summed E-state index contributed by atoms with van der Waals surface area (Å²) in [7, 11) is 3.45. The molecule has 1 aromatic heterocycles. The highest BCUT2D eigenvalue weighted by Gasteiger charge is 2.50. The number of hydrogen-bond donors (Lipinski definition) is 2. The summed E-state index contributed by atoms with van der Waals surface area (Å²) in [5.41, 5.74) is 2.55. The van der Waals surface area contributed by atoms with E-state index in [1.54, 1.807) is 65.9 Å². The molecule has 0 amide bonds. The molecule has 14 nitrogen and oxygen atoms in total. The topological polar surface area (TPSA) is 180 Å². The zero-order valence-electron chi connectivity index (χ0n) is 39.9. The number of carbonyl (C=O) groups excluding carboxylic acids is 4. The number of carbonyl (C=O) groups is 4. The molecule has 0 aliphatic carbocycles. The van der Waals surface area contributed by atoms with E-state index in [1.807, 2.05) is 80.6 Å². The molecule has 2 aliphatic rings. The van der Waals surface area contributed by atoms with Gasteiger partial charge < -0.3 is 48.3 Å². The van der Waals surface area contributed by atoms with Gasteiger partial charge in [0.2, 0.25) is 0 Å². The molecule has 2 aliphatic heterocycles. The van der Waals surface area contributed by atoms with Crippen molar-refractivity contribution in [1.29, 1.82) is 0 Å². The number of esters is 1. The zero-order chi connectivity index (χ0) is 48.1. The van der Waals surface area contributed by atoms with Crippen LogP contribution in [-0.2, 0) is 55.8 Å². The quantitative estimate of drug-likeness (QED) is 0.121. The van der Waals surface area contributed by atoms with Crippen molar-refractivity contribution >= 4 is 35.1 Å². The number of aromatic nitrogens is 1. The largest absolute Gasteiger partial charge is 0.509 e. The Morgan fingerprint density at radius 1 is 0.985 bits per heavy atom. The number of pyridine rings is 1. The molecule has 360 valence electrons. The van der Waals surface area contributed by atoms with Gasteiger partial charge in [0.25, 0.3) is 0 Å². The molecule has 0 saturated carbocycles. The van der Waals surface area contributed by atoms with Crippen LogP contribution in [0.2, 0.25) is 0 Å². The lowest BCUT2D eigenvalue weighted by Gasteiger charge is -2.47.